The van der Waals surface area contributed by atoms with Crippen LogP contribution in [0.5, 0.6) is 0 Å². The van der Waals surface area contributed by atoms with Gasteiger partial charge in [-0.25, -0.2) is 4.79 Å². The summed E-state index contributed by atoms with van der Waals surface area (Å²) in [4.78, 5) is 11.8. The minimum absolute atomic E-state index is 0.104. The first-order valence-corrected chi connectivity index (χ1v) is 6.82. The predicted octanol–water partition coefficient (Wildman–Crippen LogP) is 1.18. The molecule has 6 atom stereocenters. The number of ether oxygens (including phenoxy) is 1. The summed E-state index contributed by atoms with van der Waals surface area (Å²) in [6.07, 6.45) is 1.12. The van der Waals surface area contributed by atoms with Crippen molar-refractivity contribution < 1.29 is 19.7 Å². The van der Waals surface area contributed by atoms with Gasteiger partial charge in [0, 0.05) is 11.8 Å². The third-order valence-corrected chi connectivity index (χ3v) is 5.20. The van der Waals surface area contributed by atoms with E-state index < -0.39 is 17.7 Å². The van der Waals surface area contributed by atoms with Crippen molar-refractivity contribution in [2.45, 2.75) is 44.0 Å². The van der Waals surface area contributed by atoms with E-state index in [0.29, 0.717) is 18.4 Å². The van der Waals surface area contributed by atoms with Crippen LogP contribution < -0.4 is 0 Å². The van der Waals surface area contributed by atoms with Gasteiger partial charge in [-0.05, 0) is 37.7 Å². The van der Waals surface area contributed by atoms with Crippen LogP contribution in [0.15, 0.2) is 24.3 Å². The highest BCUT2D eigenvalue weighted by Gasteiger charge is 2.59. The van der Waals surface area contributed by atoms with Gasteiger partial charge in [0.15, 0.2) is 5.60 Å². The van der Waals surface area contributed by atoms with E-state index in [1.54, 1.807) is 0 Å². The van der Waals surface area contributed by atoms with E-state index in [-0.39, 0.29) is 23.9 Å². The summed E-state index contributed by atoms with van der Waals surface area (Å²) in [5, 5.41) is 20.4. The quantitative estimate of drug-likeness (QED) is 0.509. The van der Waals surface area contributed by atoms with Gasteiger partial charge in [0.25, 0.3) is 0 Å². The summed E-state index contributed by atoms with van der Waals surface area (Å²) in [7, 11) is 0. The van der Waals surface area contributed by atoms with Crippen molar-refractivity contribution in [2.75, 3.05) is 0 Å². The summed E-state index contributed by atoms with van der Waals surface area (Å²) in [5.41, 5.74) is 0.353. The van der Waals surface area contributed by atoms with Gasteiger partial charge in [-0.3, -0.25) is 0 Å². The summed E-state index contributed by atoms with van der Waals surface area (Å²) >= 11 is 0. The fraction of sp³-hybridized carbons (Fsp3) is 0.667. The molecule has 3 aliphatic rings. The van der Waals surface area contributed by atoms with Gasteiger partial charge in [-0.15, -0.1) is 0 Å². The van der Waals surface area contributed by atoms with E-state index in [9.17, 15) is 15.0 Å². The Morgan fingerprint density at radius 3 is 2.79 bits per heavy atom. The Morgan fingerprint density at radius 2 is 2.11 bits per heavy atom. The maximum absolute atomic E-state index is 11.8. The number of aliphatic hydroxyl groups is 2. The van der Waals surface area contributed by atoms with Gasteiger partial charge in [0.05, 0.1) is 6.10 Å². The van der Waals surface area contributed by atoms with Gasteiger partial charge in [0.2, 0.25) is 0 Å². The van der Waals surface area contributed by atoms with Gasteiger partial charge in [-0.1, -0.05) is 18.7 Å². The molecule has 0 spiro atoms. The van der Waals surface area contributed by atoms with Crippen LogP contribution in [0.3, 0.4) is 0 Å². The average molecular weight is 264 g/mol. The van der Waals surface area contributed by atoms with E-state index in [4.69, 9.17) is 4.74 Å². The van der Waals surface area contributed by atoms with E-state index in [2.05, 4.69) is 13.2 Å². The molecule has 2 saturated carbocycles. The highest BCUT2D eigenvalue weighted by Crippen LogP contribution is 2.53. The van der Waals surface area contributed by atoms with Crippen molar-refractivity contribution in [3.05, 3.63) is 24.3 Å². The molecule has 4 heteroatoms. The first kappa shape index (κ1) is 12.9. The topological polar surface area (TPSA) is 66.8 Å². The Morgan fingerprint density at radius 1 is 1.42 bits per heavy atom. The Kier molecular flexibility index (Phi) is 2.67. The zero-order valence-electron chi connectivity index (χ0n) is 11.1. The summed E-state index contributed by atoms with van der Waals surface area (Å²) < 4.78 is 5.44. The molecule has 0 aromatic carbocycles. The van der Waals surface area contributed by atoms with E-state index >= 15 is 0 Å². The van der Waals surface area contributed by atoms with Crippen molar-refractivity contribution in [3.8, 4) is 0 Å². The Labute approximate surface area is 112 Å². The zero-order valence-corrected chi connectivity index (χ0v) is 11.1. The Balaban J connectivity index is 2.02. The van der Waals surface area contributed by atoms with E-state index in [0.717, 1.165) is 12.0 Å². The van der Waals surface area contributed by atoms with Gasteiger partial charge < -0.3 is 14.9 Å². The van der Waals surface area contributed by atoms with Crippen LogP contribution in [-0.4, -0.2) is 34.0 Å². The third-order valence-electron chi connectivity index (χ3n) is 5.20. The molecule has 2 N–H and O–H groups in total. The van der Waals surface area contributed by atoms with Gasteiger partial charge >= 0.3 is 5.97 Å². The van der Waals surface area contributed by atoms with Crippen LogP contribution in [0.2, 0.25) is 0 Å². The molecule has 2 aliphatic carbocycles. The number of carbonyl (C=O) groups excluding carboxylic acids is 1. The molecule has 19 heavy (non-hydrogen) atoms. The molecule has 1 heterocycles. The first-order valence-electron chi connectivity index (χ1n) is 6.82. The number of allylic oxidation sites excluding steroid dienone is 1. The molecular formula is C15H20O4. The van der Waals surface area contributed by atoms with Gasteiger partial charge in [-0.2, -0.15) is 0 Å². The lowest BCUT2D eigenvalue weighted by Gasteiger charge is -2.27. The van der Waals surface area contributed by atoms with Crippen molar-refractivity contribution >= 4 is 5.97 Å². The molecule has 0 amide bonds. The Hall–Kier alpha value is -1.13. The normalized spacial score (nSPS) is 49.6. The summed E-state index contributed by atoms with van der Waals surface area (Å²) in [6.45, 7) is 9.60. The van der Waals surface area contributed by atoms with Crippen molar-refractivity contribution in [2.24, 2.45) is 17.8 Å². The summed E-state index contributed by atoms with van der Waals surface area (Å²) in [6, 6.07) is 0. The van der Waals surface area contributed by atoms with Crippen LogP contribution in [0.1, 0.15) is 26.2 Å². The lowest BCUT2D eigenvalue weighted by Crippen LogP contribution is -2.40. The van der Waals surface area contributed by atoms with Crippen LogP contribution in [0.4, 0.5) is 0 Å². The fourth-order valence-corrected chi connectivity index (χ4v) is 3.97. The van der Waals surface area contributed by atoms with Crippen LogP contribution in [0, 0.1) is 17.8 Å². The molecule has 0 bridgehead atoms. The van der Waals surface area contributed by atoms with Crippen LogP contribution in [0.25, 0.3) is 0 Å². The molecule has 1 saturated heterocycles. The first-order chi connectivity index (χ1) is 8.84. The maximum atomic E-state index is 11.8. The molecular weight excluding hydrogens is 244 g/mol. The molecule has 3 fully saturated rings. The molecule has 0 aromatic rings. The molecule has 104 valence electrons. The molecule has 4 nitrogen and oxygen atoms in total. The lowest BCUT2D eigenvalue weighted by atomic mass is 9.78. The van der Waals surface area contributed by atoms with E-state index in [1.165, 1.54) is 6.92 Å². The molecule has 1 aliphatic heterocycles. The zero-order chi connectivity index (χ0) is 13.9. The number of hydrogen-bond donors (Lipinski definition) is 2. The second-order valence-corrected chi connectivity index (χ2v) is 6.28. The molecule has 0 aromatic heterocycles. The largest absolute Gasteiger partial charge is 0.459 e. The number of carbonyl (C=O) groups is 1. The summed E-state index contributed by atoms with van der Waals surface area (Å²) in [5.74, 6) is -0.788. The molecule has 1 unspecified atom stereocenters. The Bertz CT molecular complexity index is 465. The minimum atomic E-state index is -1.44. The predicted molar refractivity (Wildman–Crippen MR) is 69.1 cm³/mol. The highest BCUT2D eigenvalue weighted by molar-refractivity contribution is 5.82. The number of hydrogen-bond acceptors (Lipinski definition) is 4. The van der Waals surface area contributed by atoms with Crippen molar-refractivity contribution in [1.82, 2.24) is 0 Å². The van der Waals surface area contributed by atoms with Crippen molar-refractivity contribution in [3.63, 3.8) is 0 Å². The second-order valence-electron chi connectivity index (χ2n) is 6.28. The number of fused-ring (bicyclic) bond motifs is 3. The fourth-order valence-electron chi connectivity index (χ4n) is 3.97. The standard InChI is InChI=1S/C15H20O4/c1-7-4-5-10-13(19-14(17)15(10,3)18)12-8(2)11(16)6-9(7)12/h9-13,16,18H,1-2,4-6H2,3H3/t9-,10?,11-,12-,13-,15+/m0/s1. The SMILES string of the molecule is C=C1[C@H]2[C@@H](C[C@@H]1O)C(=C)CCC1[C@@H]2OC(=O)[C@]1(C)O. The monoisotopic (exact) mass is 264 g/mol. The van der Waals surface area contributed by atoms with Crippen molar-refractivity contribution in [1.29, 1.82) is 0 Å². The third kappa shape index (κ3) is 1.63. The smallest absolute Gasteiger partial charge is 0.338 e. The maximum Gasteiger partial charge on any atom is 0.338 e. The number of aliphatic hydroxyl groups excluding tert-OH is 1. The lowest BCUT2D eigenvalue weighted by molar-refractivity contribution is -0.155. The van der Waals surface area contributed by atoms with Gasteiger partial charge in [0.1, 0.15) is 6.10 Å². The second kappa shape index (κ2) is 3.93. The van der Waals surface area contributed by atoms with Crippen LogP contribution in [-0.2, 0) is 9.53 Å². The number of rotatable bonds is 0. The minimum Gasteiger partial charge on any atom is -0.459 e. The van der Waals surface area contributed by atoms with Crippen LogP contribution >= 0.6 is 0 Å². The van der Waals surface area contributed by atoms with E-state index in [1.807, 2.05) is 0 Å². The average Bonchev–Trinajstić information content (AvgIpc) is 2.68. The highest BCUT2D eigenvalue weighted by atomic mass is 16.6. The molecule has 0 radical (unpaired) electrons. The molecule has 3 rings (SSSR count). The number of esters is 1.